The fraction of sp³-hybridized carbons (Fsp3) is 0.591. The first-order chi connectivity index (χ1) is 13.5. The van der Waals surface area contributed by atoms with Crippen LogP contribution in [0.2, 0.25) is 0 Å². The van der Waals surface area contributed by atoms with E-state index in [-0.39, 0.29) is 11.8 Å². The Kier molecular flexibility index (Phi) is 6.83. The molecule has 0 aromatic heterocycles. The van der Waals surface area contributed by atoms with Gasteiger partial charge in [0.25, 0.3) is 11.8 Å². The standard InChI is InChI=1S/C22H30N2O4/c1-15(2)19(24-21(26)17-11-6-7-12-18(17)22(24)27)20(25)23-13-8-14-28-16-9-4-3-5-10-16/h6-7,11-12,15-16,19H,3-5,8-10,13-14H2,1-2H3,(H,23,25)/t19-/m1/s1. The van der Waals surface area contributed by atoms with Crippen molar-refractivity contribution in [2.24, 2.45) is 5.92 Å². The molecule has 0 unspecified atom stereocenters. The minimum absolute atomic E-state index is 0.180. The van der Waals surface area contributed by atoms with E-state index in [1.807, 2.05) is 13.8 Å². The predicted octanol–water partition coefficient (Wildman–Crippen LogP) is 3.16. The number of hydrogen-bond donors (Lipinski definition) is 1. The molecule has 1 N–H and O–H groups in total. The van der Waals surface area contributed by atoms with Gasteiger partial charge in [-0.25, -0.2) is 0 Å². The topological polar surface area (TPSA) is 75.7 Å². The number of nitrogens with zero attached hydrogens (tertiary/aromatic N) is 1. The van der Waals surface area contributed by atoms with Crippen LogP contribution >= 0.6 is 0 Å². The third-order valence-electron chi connectivity index (χ3n) is 5.53. The Morgan fingerprint density at radius 3 is 2.29 bits per heavy atom. The SMILES string of the molecule is CC(C)[C@H](C(=O)NCCCOC1CCCCC1)N1C(=O)c2ccccc2C1=O. The number of rotatable bonds is 8. The quantitative estimate of drug-likeness (QED) is 0.550. The van der Waals surface area contributed by atoms with Crippen molar-refractivity contribution in [3.8, 4) is 0 Å². The van der Waals surface area contributed by atoms with Crippen LogP contribution in [0.3, 0.4) is 0 Å². The molecule has 1 aliphatic heterocycles. The van der Waals surface area contributed by atoms with E-state index in [1.54, 1.807) is 24.3 Å². The van der Waals surface area contributed by atoms with Crippen molar-refractivity contribution in [2.45, 2.75) is 64.5 Å². The average molecular weight is 386 g/mol. The second-order valence-electron chi connectivity index (χ2n) is 7.99. The molecule has 1 aromatic rings. The van der Waals surface area contributed by atoms with Crippen molar-refractivity contribution in [3.63, 3.8) is 0 Å². The molecule has 2 aliphatic rings. The second kappa shape index (κ2) is 9.32. The van der Waals surface area contributed by atoms with Crippen molar-refractivity contribution in [3.05, 3.63) is 35.4 Å². The Morgan fingerprint density at radius 2 is 1.71 bits per heavy atom. The molecule has 1 aromatic carbocycles. The van der Waals surface area contributed by atoms with Crippen molar-refractivity contribution in [1.82, 2.24) is 10.2 Å². The molecule has 1 aliphatic carbocycles. The first-order valence-corrected chi connectivity index (χ1v) is 10.4. The number of imide groups is 1. The van der Waals surface area contributed by atoms with Crippen molar-refractivity contribution >= 4 is 17.7 Å². The molecule has 0 radical (unpaired) electrons. The summed E-state index contributed by atoms with van der Waals surface area (Å²) in [5.74, 6) is -1.26. The largest absolute Gasteiger partial charge is 0.378 e. The molecule has 3 amide bonds. The molecule has 0 saturated heterocycles. The van der Waals surface area contributed by atoms with E-state index in [0.29, 0.717) is 30.4 Å². The van der Waals surface area contributed by atoms with Gasteiger partial charge in [0.15, 0.2) is 0 Å². The predicted molar refractivity (Wildman–Crippen MR) is 106 cm³/mol. The maximum atomic E-state index is 12.8. The lowest BCUT2D eigenvalue weighted by Crippen LogP contribution is -2.52. The van der Waals surface area contributed by atoms with Crippen LogP contribution in [0.4, 0.5) is 0 Å². The Bertz CT molecular complexity index is 690. The first-order valence-electron chi connectivity index (χ1n) is 10.4. The third-order valence-corrected chi connectivity index (χ3v) is 5.53. The van der Waals surface area contributed by atoms with Crippen LogP contribution in [0.1, 0.15) is 73.1 Å². The Labute approximate surface area is 166 Å². The molecule has 1 fully saturated rings. The first kappa shape index (κ1) is 20.5. The average Bonchev–Trinajstić information content (AvgIpc) is 2.94. The van der Waals surface area contributed by atoms with Crippen LogP contribution < -0.4 is 5.32 Å². The maximum absolute atomic E-state index is 12.8. The Hall–Kier alpha value is -2.21. The van der Waals surface area contributed by atoms with Gasteiger partial charge in [0.05, 0.1) is 17.2 Å². The maximum Gasteiger partial charge on any atom is 0.262 e. The second-order valence-corrected chi connectivity index (χ2v) is 7.99. The zero-order valence-electron chi connectivity index (χ0n) is 16.8. The van der Waals surface area contributed by atoms with Crippen LogP contribution in [-0.4, -0.2) is 47.9 Å². The summed E-state index contributed by atoms with van der Waals surface area (Å²) in [7, 11) is 0. The van der Waals surface area contributed by atoms with Gasteiger partial charge in [0, 0.05) is 13.2 Å². The summed E-state index contributed by atoms with van der Waals surface area (Å²) < 4.78 is 5.88. The van der Waals surface area contributed by atoms with E-state index in [9.17, 15) is 14.4 Å². The minimum Gasteiger partial charge on any atom is -0.378 e. The number of carbonyl (C=O) groups excluding carboxylic acids is 3. The summed E-state index contributed by atoms with van der Waals surface area (Å²) in [6.45, 7) is 4.78. The van der Waals surface area contributed by atoms with Gasteiger partial charge in [-0.05, 0) is 37.3 Å². The molecule has 152 valence electrons. The van der Waals surface area contributed by atoms with Crippen LogP contribution in [0.25, 0.3) is 0 Å². The van der Waals surface area contributed by atoms with E-state index >= 15 is 0 Å². The zero-order valence-corrected chi connectivity index (χ0v) is 16.8. The molecule has 28 heavy (non-hydrogen) atoms. The van der Waals surface area contributed by atoms with Crippen molar-refractivity contribution in [1.29, 1.82) is 0 Å². The molecule has 1 atom stereocenters. The lowest BCUT2D eigenvalue weighted by molar-refractivity contribution is -0.126. The summed E-state index contributed by atoms with van der Waals surface area (Å²) in [5, 5.41) is 2.88. The molecule has 6 nitrogen and oxygen atoms in total. The fourth-order valence-electron chi connectivity index (χ4n) is 4.05. The van der Waals surface area contributed by atoms with Crippen LogP contribution in [0.15, 0.2) is 24.3 Å². The summed E-state index contributed by atoms with van der Waals surface area (Å²) in [6.07, 6.45) is 7.09. The van der Waals surface area contributed by atoms with E-state index in [0.717, 1.165) is 24.2 Å². The Morgan fingerprint density at radius 1 is 1.11 bits per heavy atom. The highest BCUT2D eigenvalue weighted by Crippen LogP contribution is 2.27. The number of ether oxygens (including phenoxy) is 1. The highest BCUT2D eigenvalue weighted by molar-refractivity contribution is 6.22. The van der Waals surface area contributed by atoms with Gasteiger partial charge in [-0.1, -0.05) is 45.2 Å². The lowest BCUT2D eigenvalue weighted by Gasteiger charge is -2.28. The molecule has 1 heterocycles. The molecule has 0 spiro atoms. The van der Waals surface area contributed by atoms with Crippen LogP contribution in [-0.2, 0) is 9.53 Å². The van der Waals surface area contributed by atoms with Crippen LogP contribution in [0.5, 0.6) is 0 Å². The van der Waals surface area contributed by atoms with E-state index < -0.39 is 17.9 Å². The van der Waals surface area contributed by atoms with Gasteiger partial charge in [-0.15, -0.1) is 0 Å². The molecular formula is C22H30N2O4. The van der Waals surface area contributed by atoms with Gasteiger partial charge < -0.3 is 10.1 Å². The molecule has 6 heteroatoms. The van der Waals surface area contributed by atoms with Crippen LogP contribution in [0, 0.1) is 5.92 Å². The van der Waals surface area contributed by atoms with Gasteiger partial charge in [-0.2, -0.15) is 0 Å². The molecule has 0 bridgehead atoms. The van der Waals surface area contributed by atoms with E-state index in [2.05, 4.69) is 5.32 Å². The summed E-state index contributed by atoms with van der Waals surface area (Å²) >= 11 is 0. The summed E-state index contributed by atoms with van der Waals surface area (Å²) in [5.41, 5.74) is 0.735. The van der Waals surface area contributed by atoms with Gasteiger partial charge in [-0.3, -0.25) is 19.3 Å². The van der Waals surface area contributed by atoms with Crippen molar-refractivity contribution < 1.29 is 19.1 Å². The highest BCUT2D eigenvalue weighted by atomic mass is 16.5. The molecular weight excluding hydrogens is 356 g/mol. The zero-order chi connectivity index (χ0) is 20.1. The molecule has 1 saturated carbocycles. The highest BCUT2D eigenvalue weighted by Gasteiger charge is 2.43. The van der Waals surface area contributed by atoms with Gasteiger partial charge >= 0.3 is 0 Å². The van der Waals surface area contributed by atoms with Gasteiger partial charge in [0.1, 0.15) is 6.04 Å². The number of hydrogen-bond acceptors (Lipinski definition) is 4. The fourth-order valence-corrected chi connectivity index (χ4v) is 4.05. The lowest BCUT2D eigenvalue weighted by atomic mass is 9.98. The number of benzene rings is 1. The minimum atomic E-state index is -0.813. The Balaban J connectivity index is 1.53. The number of carbonyl (C=O) groups is 3. The summed E-state index contributed by atoms with van der Waals surface area (Å²) in [4.78, 5) is 39.3. The van der Waals surface area contributed by atoms with E-state index in [4.69, 9.17) is 4.74 Å². The van der Waals surface area contributed by atoms with Gasteiger partial charge in [0.2, 0.25) is 5.91 Å². The number of fused-ring (bicyclic) bond motifs is 1. The van der Waals surface area contributed by atoms with Crippen molar-refractivity contribution in [2.75, 3.05) is 13.2 Å². The monoisotopic (exact) mass is 386 g/mol. The van der Waals surface area contributed by atoms with E-state index in [1.165, 1.54) is 19.3 Å². The summed E-state index contributed by atoms with van der Waals surface area (Å²) in [6, 6.07) is 5.90. The molecule has 3 rings (SSSR count). The number of nitrogens with one attached hydrogen (secondary N) is 1. The third kappa shape index (κ3) is 4.43. The number of amides is 3. The smallest absolute Gasteiger partial charge is 0.262 e. The normalized spacial score (nSPS) is 18.5.